The predicted octanol–water partition coefficient (Wildman–Crippen LogP) is 1.69. The Labute approximate surface area is 92.8 Å². The number of fused-ring (bicyclic) bond motifs is 1. The lowest BCUT2D eigenvalue weighted by atomic mass is 10.4. The first-order valence-electron chi connectivity index (χ1n) is 4.44. The number of halogens is 3. The average molecular weight is 245 g/mol. The number of rotatable bonds is 1. The quantitative estimate of drug-likeness (QED) is 0.717. The summed E-state index contributed by atoms with van der Waals surface area (Å²) in [7, 11) is 0.982. The molecule has 0 aliphatic rings. The number of carbonyl (C=O) groups excluding carboxylic acids is 1. The van der Waals surface area contributed by atoms with E-state index in [1.165, 1.54) is 18.3 Å². The van der Waals surface area contributed by atoms with Crippen molar-refractivity contribution in [3.8, 4) is 0 Å². The molecule has 0 unspecified atom stereocenters. The maximum absolute atomic E-state index is 12.8. The lowest BCUT2D eigenvalue weighted by Crippen LogP contribution is -2.23. The van der Waals surface area contributed by atoms with Crippen LogP contribution in [0.25, 0.3) is 11.2 Å². The molecule has 0 radical (unpaired) electrons. The van der Waals surface area contributed by atoms with Gasteiger partial charge in [0, 0.05) is 6.20 Å². The zero-order chi connectivity index (χ0) is 12.6. The Morgan fingerprint density at radius 3 is 2.76 bits per heavy atom. The number of ether oxygens (including phenoxy) is 1. The molecule has 2 heterocycles. The molecule has 2 aromatic rings. The summed E-state index contributed by atoms with van der Waals surface area (Å²) in [5, 5.41) is 0. The summed E-state index contributed by atoms with van der Waals surface area (Å²) in [5.41, 5.74) is -0.453. The van der Waals surface area contributed by atoms with Gasteiger partial charge in [-0.05, 0) is 12.1 Å². The van der Waals surface area contributed by atoms with Gasteiger partial charge >= 0.3 is 12.3 Å². The highest BCUT2D eigenvalue weighted by Gasteiger charge is 2.38. The van der Waals surface area contributed by atoms with Crippen LogP contribution in [-0.4, -0.2) is 27.6 Å². The summed E-state index contributed by atoms with van der Waals surface area (Å²) in [6, 6.07) is 2.76. The van der Waals surface area contributed by atoms with Crippen LogP contribution in [0.15, 0.2) is 18.3 Å². The Bertz CT molecular complexity index is 576. The lowest BCUT2D eigenvalue weighted by Gasteiger charge is -2.10. The summed E-state index contributed by atoms with van der Waals surface area (Å²) < 4.78 is 42.4. The van der Waals surface area contributed by atoms with Gasteiger partial charge < -0.3 is 4.74 Å². The van der Waals surface area contributed by atoms with E-state index < -0.39 is 23.7 Å². The Balaban J connectivity index is 2.79. The molecule has 0 saturated carbocycles. The third kappa shape index (κ3) is 1.81. The highest BCUT2D eigenvalue weighted by atomic mass is 19.4. The summed E-state index contributed by atoms with van der Waals surface area (Å²) in [6.07, 6.45) is -3.60. The number of imidazole rings is 1. The number of nitrogens with zero attached hydrogens (tertiary/aromatic N) is 3. The van der Waals surface area contributed by atoms with Crippen molar-refractivity contribution in [1.82, 2.24) is 14.5 Å². The molecule has 0 amide bonds. The zero-order valence-electron chi connectivity index (χ0n) is 8.52. The van der Waals surface area contributed by atoms with Crippen LogP contribution in [0.4, 0.5) is 13.2 Å². The van der Waals surface area contributed by atoms with Crippen molar-refractivity contribution in [2.75, 3.05) is 7.11 Å². The van der Waals surface area contributed by atoms with E-state index in [0.717, 1.165) is 7.11 Å². The first-order valence-corrected chi connectivity index (χ1v) is 4.44. The van der Waals surface area contributed by atoms with E-state index in [4.69, 9.17) is 0 Å². The maximum Gasteiger partial charge on any atom is 0.492 e. The summed E-state index contributed by atoms with van der Waals surface area (Å²) >= 11 is 0. The number of esters is 1. The number of hydrogen-bond acceptors (Lipinski definition) is 4. The highest BCUT2D eigenvalue weighted by molar-refractivity contribution is 5.90. The lowest BCUT2D eigenvalue weighted by molar-refractivity contribution is -0.202. The average Bonchev–Trinajstić information content (AvgIpc) is 2.66. The van der Waals surface area contributed by atoms with Crippen LogP contribution in [-0.2, 0) is 11.0 Å². The van der Waals surface area contributed by atoms with Crippen molar-refractivity contribution >= 4 is 17.1 Å². The second kappa shape index (κ2) is 3.72. The molecule has 0 aliphatic heterocycles. The van der Waals surface area contributed by atoms with Gasteiger partial charge in [0.15, 0.2) is 5.65 Å². The molecule has 0 saturated heterocycles. The summed E-state index contributed by atoms with van der Waals surface area (Å²) in [4.78, 5) is 18.3. The molecule has 0 spiro atoms. The number of alkyl halides is 3. The minimum Gasteiger partial charge on any atom is -0.463 e. The van der Waals surface area contributed by atoms with E-state index in [1.807, 2.05) is 0 Å². The molecule has 5 nitrogen and oxygen atoms in total. The second-order valence-corrected chi connectivity index (χ2v) is 3.08. The standard InChI is InChI=1S/C9H6F3N3O2/c1-17-8(16)7-14-5-3-2-4-13-6(5)15(7)9(10,11)12/h2-4H,1H3. The van der Waals surface area contributed by atoms with Crippen molar-refractivity contribution in [2.24, 2.45) is 0 Å². The van der Waals surface area contributed by atoms with Gasteiger partial charge in [0.1, 0.15) is 5.52 Å². The minimum atomic E-state index is -4.79. The fraction of sp³-hybridized carbons (Fsp3) is 0.222. The van der Waals surface area contributed by atoms with Crippen LogP contribution < -0.4 is 0 Å². The molecule has 17 heavy (non-hydrogen) atoms. The molecule has 0 N–H and O–H groups in total. The Morgan fingerprint density at radius 1 is 1.47 bits per heavy atom. The van der Waals surface area contributed by atoms with Crippen LogP contribution in [0.2, 0.25) is 0 Å². The Morgan fingerprint density at radius 2 is 2.18 bits per heavy atom. The van der Waals surface area contributed by atoms with E-state index in [9.17, 15) is 18.0 Å². The molecule has 0 aliphatic carbocycles. The third-order valence-electron chi connectivity index (χ3n) is 2.04. The number of aromatic nitrogens is 3. The SMILES string of the molecule is COC(=O)c1nc2cccnc2n1C(F)(F)F. The molecule has 0 aromatic carbocycles. The molecule has 0 atom stereocenters. The monoisotopic (exact) mass is 245 g/mol. The maximum atomic E-state index is 12.8. The molecule has 2 rings (SSSR count). The van der Waals surface area contributed by atoms with Crippen LogP contribution in [0.5, 0.6) is 0 Å². The molecule has 90 valence electrons. The Kier molecular flexibility index (Phi) is 2.49. The fourth-order valence-electron chi connectivity index (χ4n) is 1.38. The van der Waals surface area contributed by atoms with Gasteiger partial charge in [-0.1, -0.05) is 0 Å². The van der Waals surface area contributed by atoms with Crippen molar-refractivity contribution in [3.05, 3.63) is 24.2 Å². The predicted molar refractivity (Wildman–Crippen MR) is 50.2 cm³/mol. The van der Waals surface area contributed by atoms with Crippen molar-refractivity contribution in [1.29, 1.82) is 0 Å². The zero-order valence-corrected chi connectivity index (χ0v) is 8.52. The summed E-state index contributed by atoms with van der Waals surface area (Å²) in [5.74, 6) is -2.01. The fourth-order valence-corrected chi connectivity index (χ4v) is 1.38. The number of pyridine rings is 1. The molecule has 0 fully saturated rings. The largest absolute Gasteiger partial charge is 0.492 e. The molecule has 2 aromatic heterocycles. The van der Waals surface area contributed by atoms with E-state index in [-0.39, 0.29) is 10.1 Å². The second-order valence-electron chi connectivity index (χ2n) is 3.08. The molecular weight excluding hydrogens is 239 g/mol. The first-order chi connectivity index (χ1) is 7.95. The van der Waals surface area contributed by atoms with E-state index in [1.54, 1.807) is 0 Å². The van der Waals surface area contributed by atoms with Crippen LogP contribution in [0.1, 0.15) is 10.6 Å². The van der Waals surface area contributed by atoms with Gasteiger partial charge in [-0.15, -0.1) is 13.2 Å². The van der Waals surface area contributed by atoms with Crippen molar-refractivity contribution in [3.63, 3.8) is 0 Å². The third-order valence-corrected chi connectivity index (χ3v) is 2.04. The van der Waals surface area contributed by atoms with E-state index in [0.29, 0.717) is 0 Å². The number of hydrogen-bond donors (Lipinski definition) is 0. The topological polar surface area (TPSA) is 57.0 Å². The highest BCUT2D eigenvalue weighted by Crippen LogP contribution is 2.28. The van der Waals surface area contributed by atoms with Crippen LogP contribution in [0.3, 0.4) is 0 Å². The molecular formula is C9H6F3N3O2. The van der Waals surface area contributed by atoms with Gasteiger partial charge in [0.2, 0.25) is 5.82 Å². The van der Waals surface area contributed by atoms with Gasteiger partial charge in [-0.25, -0.2) is 19.3 Å². The number of carbonyl (C=O) groups is 1. The minimum absolute atomic E-state index is 0.0229. The van der Waals surface area contributed by atoms with Crippen LogP contribution in [0, 0.1) is 0 Å². The van der Waals surface area contributed by atoms with Gasteiger partial charge in [-0.3, -0.25) is 0 Å². The molecule has 8 heteroatoms. The normalized spacial score (nSPS) is 11.8. The van der Waals surface area contributed by atoms with E-state index in [2.05, 4.69) is 14.7 Å². The van der Waals surface area contributed by atoms with E-state index >= 15 is 0 Å². The summed E-state index contributed by atoms with van der Waals surface area (Å²) in [6.45, 7) is 0. The van der Waals surface area contributed by atoms with Crippen molar-refractivity contribution in [2.45, 2.75) is 6.30 Å². The number of methoxy groups -OCH3 is 1. The first kappa shape index (κ1) is 11.4. The van der Waals surface area contributed by atoms with Gasteiger partial charge in [0.25, 0.3) is 0 Å². The van der Waals surface area contributed by atoms with Crippen molar-refractivity contribution < 1.29 is 22.7 Å². The van der Waals surface area contributed by atoms with Crippen LogP contribution >= 0.6 is 0 Å². The molecule has 0 bridgehead atoms. The smallest absolute Gasteiger partial charge is 0.463 e. The Hall–Kier alpha value is -2.12. The van der Waals surface area contributed by atoms with Gasteiger partial charge in [-0.2, -0.15) is 0 Å². The van der Waals surface area contributed by atoms with Gasteiger partial charge in [0.05, 0.1) is 7.11 Å².